The van der Waals surface area contributed by atoms with Gasteiger partial charge in [0, 0.05) is 5.69 Å². The van der Waals surface area contributed by atoms with E-state index in [2.05, 4.69) is 5.32 Å². The van der Waals surface area contributed by atoms with Crippen molar-refractivity contribution in [2.24, 2.45) is 0 Å². The zero-order valence-electron chi connectivity index (χ0n) is 16.5. The number of imide groups is 1. The van der Waals surface area contributed by atoms with Crippen LogP contribution in [-0.4, -0.2) is 16.7 Å². The smallest absolute Gasteiger partial charge is 0.278 e. The third kappa shape index (κ3) is 3.83. The van der Waals surface area contributed by atoms with Crippen LogP contribution in [0.25, 0.3) is 5.57 Å². The van der Waals surface area contributed by atoms with Gasteiger partial charge >= 0.3 is 0 Å². The maximum absolute atomic E-state index is 13.3. The molecular weight excluding hydrogens is 360 g/mol. The van der Waals surface area contributed by atoms with E-state index >= 15 is 0 Å². The number of hydrogen-bond donors (Lipinski definition) is 1. The lowest BCUT2D eigenvalue weighted by Gasteiger charge is -2.15. The molecule has 1 heterocycles. The number of hydrogen-bond acceptors (Lipinski definition) is 3. The maximum atomic E-state index is 13.3. The molecule has 1 aliphatic heterocycles. The van der Waals surface area contributed by atoms with E-state index in [4.69, 9.17) is 0 Å². The van der Waals surface area contributed by atoms with Crippen LogP contribution < -0.4 is 5.32 Å². The van der Waals surface area contributed by atoms with E-state index in [1.165, 1.54) is 4.90 Å². The molecule has 0 radical (unpaired) electrons. The van der Waals surface area contributed by atoms with Crippen LogP contribution in [-0.2, 0) is 16.1 Å². The molecule has 0 unspecified atom stereocenters. The zero-order chi connectivity index (χ0) is 20.4. The molecule has 3 aromatic rings. The van der Waals surface area contributed by atoms with Gasteiger partial charge in [-0.05, 0) is 37.1 Å². The lowest BCUT2D eigenvalue weighted by atomic mass is 10.0. The molecule has 29 heavy (non-hydrogen) atoms. The van der Waals surface area contributed by atoms with E-state index in [0.717, 1.165) is 27.9 Å². The zero-order valence-corrected chi connectivity index (χ0v) is 16.5. The molecule has 0 spiro atoms. The summed E-state index contributed by atoms with van der Waals surface area (Å²) in [7, 11) is 0. The Kier molecular flexibility index (Phi) is 5.00. The summed E-state index contributed by atoms with van der Waals surface area (Å²) in [6.07, 6.45) is 0. The van der Waals surface area contributed by atoms with Gasteiger partial charge in [0.05, 0.1) is 12.1 Å². The number of nitrogens with one attached hydrogen (secondary N) is 1. The van der Waals surface area contributed by atoms with Crippen LogP contribution in [0.1, 0.15) is 22.3 Å². The van der Waals surface area contributed by atoms with Gasteiger partial charge < -0.3 is 5.32 Å². The molecule has 0 saturated carbocycles. The summed E-state index contributed by atoms with van der Waals surface area (Å²) in [5.74, 6) is -0.590. The van der Waals surface area contributed by atoms with Gasteiger partial charge in [0.15, 0.2) is 0 Å². The fourth-order valence-corrected chi connectivity index (χ4v) is 3.37. The van der Waals surface area contributed by atoms with Crippen LogP contribution in [0.5, 0.6) is 0 Å². The Morgan fingerprint density at radius 3 is 1.93 bits per heavy atom. The normalized spacial score (nSPS) is 13.9. The van der Waals surface area contributed by atoms with E-state index in [1.54, 1.807) is 0 Å². The van der Waals surface area contributed by atoms with Gasteiger partial charge in [-0.15, -0.1) is 0 Å². The summed E-state index contributed by atoms with van der Waals surface area (Å²) in [6.45, 7) is 4.24. The van der Waals surface area contributed by atoms with Crippen molar-refractivity contribution in [2.45, 2.75) is 20.4 Å². The fraction of sp³-hybridized carbons (Fsp3) is 0.120. The number of benzene rings is 3. The lowest BCUT2D eigenvalue weighted by Crippen LogP contribution is -2.31. The first kappa shape index (κ1) is 18.7. The van der Waals surface area contributed by atoms with Crippen LogP contribution in [0, 0.1) is 13.8 Å². The molecule has 4 heteroatoms. The van der Waals surface area contributed by atoms with Crippen molar-refractivity contribution in [1.29, 1.82) is 0 Å². The average molecular weight is 382 g/mol. The van der Waals surface area contributed by atoms with Crippen molar-refractivity contribution in [3.05, 3.63) is 107 Å². The highest BCUT2D eigenvalue weighted by Crippen LogP contribution is 2.31. The fourth-order valence-electron chi connectivity index (χ4n) is 3.37. The van der Waals surface area contributed by atoms with Crippen LogP contribution in [0.4, 0.5) is 5.69 Å². The lowest BCUT2D eigenvalue weighted by molar-refractivity contribution is -0.137. The second-order valence-corrected chi connectivity index (χ2v) is 7.29. The molecule has 0 aliphatic carbocycles. The Balaban J connectivity index is 1.74. The largest absolute Gasteiger partial charge is 0.350 e. The first-order valence-electron chi connectivity index (χ1n) is 9.58. The molecule has 2 amide bonds. The van der Waals surface area contributed by atoms with Gasteiger partial charge in [-0.25, -0.2) is 0 Å². The van der Waals surface area contributed by atoms with Crippen molar-refractivity contribution in [3.8, 4) is 0 Å². The SMILES string of the molecule is Cc1ccc(NC2=C(c3ccc(C)cc3)C(=O)N(Cc3ccccc3)C2=O)cc1. The molecule has 1 N–H and O–H groups in total. The van der Waals surface area contributed by atoms with Crippen molar-refractivity contribution in [3.63, 3.8) is 0 Å². The molecule has 1 aliphatic rings. The van der Waals surface area contributed by atoms with Crippen molar-refractivity contribution < 1.29 is 9.59 Å². The van der Waals surface area contributed by atoms with Gasteiger partial charge in [0.2, 0.25) is 0 Å². The third-order valence-electron chi connectivity index (χ3n) is 5.01. The van der Waals surface area contributed by atoms with E-state index < -0.39 is 0 Å². The van der Waals surface area contributed by atoms with E-state index in [1.807, 2.05) is 92.7 Å². The quantitative estimate of drug-likeness (QED) is 0.651. The molecular formula is C25H22N2O2. The van der Waals surface area contributed by atoms with Crippen molar-refractivity contribution in [1.82, 2.24) is 4.90 Å². The second-order valence-electron chi connectivity index (χ2n) is 7.29. The van der Waals surface area contributed by atoms with Crippen LogP contribution in [0.3, 0.4) is 0 Å². The standard InChI is InChI=1S/C25H22N2O2/c1-17-8-12-20(13-9-17)22-23(26-21-14-10-18(2)11-15-21)25(29)27(24(22)28)16-19-6-4-3-5-7-19/h3-15,26H,16H2,1-2H3. The van der Waals surface area contributed by atoms with Gasteiger partial charge in [0.25, 0.3) is 11.8 Å². The second kappa shape index (κ2) is 7.76. The minimum Gasteiger partial charge on any atom is -0.350 e. The molecule has 0 bridgehead atoms. The Morgan fingerprint density at radius 2 is 1.31 bits per heavy atom. The van der Waals surface area contributed by atoms with Gasteiger partial charge in [-0.1, -0.05) is 77.9 Å². The first-order valence-corrected chi connectivity index (χ1v) is 9.58. The Morgan fingerprint density at radius 1 is 0.724 bits per heavy atom. The van der Waals surface area contributed by atoms with Crippen molar-refractivity contribution >= 4 is 23.1 Å². The number of carbonyl (C=O) groups excluding carboxylic acids is 2. The number of aryl methyl sites for hydroxylation is 2. The van der Waals surface area contributed by atoms with Crippen molar-refractivity contribution in [2.75, 3.05) is 5.32 Å². The van der Waals surface area contributed by atoms with Crippen LogP contribution in [0.15, 0.2) is 84.6 Å². The molecule has 0 fully saturated rings. The Hall–Kier alpha value is -3.66. The number of rotatable bonds is 5. The minimum absolute atomic E-state index is 0.243. The first-order chi connectivity index (χ1) is 14.0. The number of nitrogens with zero attached hydrogens (tertiary/aromatic N) is 1. The Bertz CT molecular complexity index is 1080. The van der Waals surface area contributed by atoms with E-state index in [9.17, 15) is 9.59 Å². The predicted octanol–water partition coefficient (Wildman–Crippen LogP) is 4.70. The topological polar surface area (TPSA) is 49.4 Å². The maximum Gasteiger partial charge on any atom is 0.278 e. The summed E-state index contributed by atoms with van der Waals surface area (Å²) in [5, 5.41) is 3.19. The minimum atomic E-state index is -0.310. The molecule has 0 aromatic heterocycles. The van der Waals surface area contributed by atoms with Gasteiger partial charge in [-0.3, -0.25) is 14.5 Å². The van der Waals surface area contributed by atoms with Gasteiger partial charge in [0.1, 0.15) is 5.70 Å². The highest BCUT2D eigenvalue weighted by molar-refractivity contribution is 6.36. The summed E-state index contributed by atoms with van der Waals surface area (Å²) >= 11 is 0. The van der Waals surface area contributed by atoms with E-state index in [-0.39, 0.29) is 18.4 Å². The summed E-state index contributed by atoms with van der Waals surface area (Å²) in [5.41, 5.74) is 5.37. The number of carbonyl (C=O) groups is 2. The Labute approximate surface area is 170 Å². The van der Waals surface area contributed by atoms with Crippen LogP contribution >= 0.6 is 0 Å². The highest BCUT2D eigenvalue weighted by Gasteiger charge is 2.39. The summed E-state index contributed by atoms with van der Waals surface area (Å²) in [4.78, 5) is 27.8. The van der Waals surface area contributed by atoms with Crippen LogP contribution in [0.2, 0.25) is 0 Å². The number of amides is 2. The predicted molar refractivity (Wildman–Crippen MR) is 115 cm³/mol. The molecule has 0 atom stereocenters. The summed E-state index contributed by atoms with van der Waals surface area (Å²) in [6, 6.07) is 25.0. The molecule has 3 aromatic carbocycles. The third-order valence-corrected chi connectivity index (χ3v) is 5.01. The molecule has 4 nitrogen and oxygen atoms in total. The average Bonchev–Trinajstić information content (AvgIpc) is 2.95. The number of anilines is 1. The molecule has 0 saturated heterocycles. The highest BCUT2D eigenvalue weighted by atomic mass is 16.2. The summed E-state index contributed by atoms with van der Waals surface area (Å²) < 4.78 is 0. The monoisotopic (exact) mass is 382 g/mol. The van der Waals surface area contributed by atoms with Gasteiger partial charge in [-0.2, -0.15) is 0 Å². The molecule has 4 rings (SSSR count). The molecule has 144 valence electrons. The van der Waals surface area contributed by atoms with E-state index in [0.29, 0.717) is 11.3 Å².